The molecule has 156 valence electrons. The highest BCUT2D eigenvalue weighted by Crippen LogP contribution is 2.37. The van der Waals surface area contributed by atoms with Crippen molar-refractivity contribution in [1.29, 1.82) is 0 Å². The van der Waals surface area contributed by atoms with Crippen molar-refractivity contribution >= 4 is 19.2 Å². The van der Waals surface area contributed by atoms with Crippen LogP contribution in [0.1, 0.15) is 41.5 Å². The number of phosphoric acid groups is 1. The average molecular weight is 428 g/mol. The number of rotatable bonds is 13. The summed E-state index contributed by atoms with van der Waals surface area (Å²) >= 11 is 1.77. The largest absolute Gasteiger partial charge is 0.469 e. The van der Waals surface area contributed by atoms with E-state index in [-0.39, 0.29) is 6.61 Å². The molecule has 0 aliphatic carbocycles. The van der Waals surface area contributed by atoms with Crippen LogP contribution < -0.4 is 5.73 Å². The molecule has 1 aromatic heterocycles. The van der Waals surface area contributed by atoms with Gasteiger partial charge in [-0.1, -0.05) is 30.3 Å². The molecule has 1 unspecified atom stereocenters. The van der Waals surface area contributed by atoms with E-state index in [0.717, 1.165) is 32.3 Å². The minimum absolute atomic E-state index is 0.168. The molecule has 1 atom stereocenters. The van der Waals surface area contributed by atoms with E-state index in [0.29, 0.717) is 13.0 Å². The van der Waals surface area contributed by atoms with Gasteiger partial charge in [-0.2, -0.15) is 0 Å². The fourth-order valence-corrected chi connectivity index (χ4v) is 4.19. The van der Waals surface area contributed by atoms with E-state index >= 15 is 0 Å². The molecule has 6 nitrogen and oxygen atoms in total. The molecule has 4 N–H and O–H groups in total. The van der Waals surface area contributed by atoms with Crippen LogP contribution in [0.3, 0.4) is 0 Å². The third-order valence-electron chi connectivity index (χ3n) is 4.30. The van der Waals surface area contributed by atoms with Crippen LogP contribution in [0.15, 0.2) is 42.5 Å². The molecular weight excluding hydrogens is 397 g/mol. The van der Waals surface area contributed by atoms with Gasteiger partial charge < -0.3 is 20.3 Å². The molecular formula is C20H30NO5PS. The Labute approximate surface area is 170 Å². The molecule has 1 aromatic carbocycles. The van der Waals surface area contributed by atoms with Gasteiger partial charge in [0.15, 0.2) is 0 Å². The van der Waals surface area contributed by atoms with Crippen LogP contribution in [0, 0.1) is 0 Å². The molecule has 0 fully saturated rings. The number of ether oxygens (including phenoxy) is 1. The predicted octanol–water partition coefficient (Wildman–Crippen LogP) is 4.05. The summed E-state index contributed by atoms with van der Waals surface area (Å²) in [7, 11) is -4.48. The number of unbranched alkanes of at least 4 members (excludes halogenated alkanes) is 1. The quantitative estimate of drug-likeness (QED) is 0.329. The third kappa shape index (κ3) is 9.94. The monoisotopic (exact) mass is 427 g/mol. The lowest BCUT2D eigenvalue weighted by Crippen LogP contribution is -2.41. The summed E-state index contributed by atoms with van der Waals surface area (Å²) < 4.78 is 21.0. The summed E-state index contributed by atoms with van der Waals surface area (Å²) in [6, 6.07) is 14.4. The lowest BCUT2D eigenvalue weighted by molar-refractivity contribution is 0.117. The molecule has 28 heavy (non-hydrogen) atoms. The number of thiophene rings is 1. The zero-order valence-corrected chi connectivity index (χ0v) is 18.0. The van der Waals surface area contributed by atoms with Gasteiger partial charge in [0.2, 0.25) is 0 Å². The lowest BCUT2D eigenvalue weighted by Gasteiger charge is -2.24. The van der Waals surface area contributed by atoms with E-state index in [2.05, 4.69) is 28.8 Å². The highest BCUT2D eigenvalue weighted by molar-refractivity contribution is 7.46. The maximum atomic E-state index is 10.8. The van der Waals surface area contributed by atoms with Crippen molar-refractivity contribution in [1.82, 2.24) is 0 Å². The summed E-state index contributed by atoms with van der Waals surface area (Å²) in [6.07, 6.45) is 4.50. The van der Waals surface area contributed by atoms with E-state index < -0.39 is 13.4 Å². The Morgan fingerprint density at radius 2 is 1.75 bits per heavy atom. The second-order valence-electron chi connectivity index (χ2n) is 7.28. The molecule has 0 saturated carbocycles. The fourth-order valence-electron chi connectivity index (χ4n) is 2.67. The van der Waals surface area contributed by atoms with Crippen molar-refractivity contribution in [3.8, 4) is 0 Å². The van der Waals surface area contributed by atoms with Gasteiger partial charge in [0.05, 0.1) is 13.2 Å². The maximum absolute atomic E-state index is 10.8. The fraction of sp³-hybridized carbons (Fsp3) is 0.500. The Morgan fingerprint density at radius 3 is 2.43 bits per heavy atom. The second kappa shape index (κ2) is 11.2. The Hall–Kier alpha value is -1.05. The molecule has 2 aromatic rings. The first-order valence-electron chi connectivity index (χ1n) is 9.42. The van der Waals surface area contributed by atoms with Gasteiger partial charge in [-0.15, -0.1) is 11.3 Å². The van der Waals surface area contributed by atoms with Gasteiger partial charge in [-0.05, 0) is 56.7 Å². The van der Waals surface area contributed by atoms with Crippen LogP contribution in [-0.2, 0) is 33.3 Å². The van der Waals surface area contributed by atoms with Gasteiger partial charge >= 0.3 is 7.82 Å². The minimum atomic E-state index is -4.48. The Kier molecular flexibility index (Phi) is 9.31. The summed E-state index contributed by atoms with van der Waals surface area (Å²) in [4.78, 5) is 20.1. The Bertz CT molecular complexity index is 744. The highest BCUT2D eigenvalue weighted by Gasteiger charge is 2.24. The zero-order valence-electron chi connectivity index (χ0n) is 16.3. The number of nitrogens with two attached hydrogens (primary N) is 1. The first-order chi connectivity index (χ1) is 13.2. The maximum Gasteiger partial charge on any atom is 0.469 e. The summed E-state index contributed by atoms with van der Waals surface area (Å²) in [5.74, 6) is 0. The van der Waals surface area contributed by atoms with Crippen molar-refractivity contribution < 1.29 is 23.6 Å². The van der Waals surface area contributed by atoms with Crippen molar-refractivity contribution in [2.45, 2.75) is 51.2 Å². The van der Waals surface area contributed by atoms with Crippen LogP contribution in [-0.4, -0.2) is 28.5 Å². The van der Waals surface area contributed by atoms with Gasteiger partial charge in [0.25, 0.3) is 0 Å². The lowest BCUT2D eigenvalue weighted by atomic mass is 9.98. The van der Waals surface area contributed by atoms with Crippen LogP contribution in [0.5, 0.6) is 0 Å². The molecule has 0 aliphatic rings. The number of benzene rings is 1. The van der Waals surface area contributed by atoms with Crippen molar-refractivity contribution in [3.63, 3.8) is 0 Å². The highest BCUT2D eigenvalue weighted by atomic mass is 32.1. The Morgan fingerprint density at radius 1 is 1.07 bits per heavy atom. The summed E-state index contributed by atoms with van der Waals surface area (Å²) in [5.41, 5.74) is 6.49. The van der Waals surface area contributed by atoms with Crippen molar-refractivity contribution in [2.75, 3.05) is 13.2 Å². The van der Waals surface area contributed by atoms with E-state index in [1.54, 1.807) is 18.3 Å². The molecule has 0 aliphatic heterocycles. The van der Waals surface area contributed by atoms with Crippen LogP contribution in [0.2, 0.25) is 0 Å². The van der Waals surface area contributed by atoms with Crippen LogP contribution in [0.25, 0.3) is 0 Å². The molecule has 0 spiro atoms. The predicted molar refractivity (Wildman–Crippen MR) is 112 cm³/mol. The van der Waals surface area contributed by atoms with Crippen molar-refractivity contribution in [2.24, 2.45) is 5.73 Å². The third-order valence-corrected chi connectivity index (χ3v) is 5.97. The first kappa shape index (κ1) is 23.2. The van der Waals surface area contributed by atoms with E-state index in [1.807, 2.05) is 18.2 Å². The Balaban J connectivity index is 1.60. The first-order valence-corrected chi connectivity index (χ1v) is 11.8. The topological polar surface area (TPSA) is 102 Å². The standard InChI is InChI=1S/C20H30NO5PS/c1-20(21,16-26-27(22,23)24)13-12-19-11-10-18(28-19)9-5-6-14-25-15-17-7-3-2-4-8-17/h2-4,7-8,10-11H,5-6,9,12-16,21H2,1H3,(H2,22,23,24). The number of phosphoric ester groups is 1. The molecule has 8 heteroatoms. The van der Waals surface area contributed by atoms with Crippen LogP contribution in [0.4, 0.5) is 0 Å². The second-order valence-corrected chi connectivity index (χ2v) is 9.77. The smallest absolute Gasteiger partial charge is 0.377 e. The zero-order chi connectivity index (χ0) is 20.5. The summed E-state index contributed by atoms with van der Waals surface area (Å²) in [6.45, 7) is 3.00. The van der Waals surface area contributed by atoms with Gasteiger partial charge in [0, 0.05) is 21.9 Å². The molecule has 1 heterocycles. The molecule has 2 rings (SSSR count). The molecule has 0 amide bonds. The average Bonchev–Trinajstić information content (AvgIpc) is 3.10. The van der Waals surface area contributed by atoms with Crippen LogP contribution >= 0.6 is 19.2 Å². The SMILES string of the molecule is CC(N)(CCc1ccc(CCCCOCc2ccccc2)s1)COP(=O)(O)O. The minimum Gasteiger partial charge on any atom is -0.377 e. The summed E-state index contributed by atoms with van der Waals surface area (Å²) in [5, 5.41) is 0. The van der Waals surface area contributed by atoms with Gasteiger partial charge in [0.1, 0.15) is 0 Å². The molecule has 0 radical (unpaired) electrons. The number of aryl methyl sites for hydroxylation is 2. The van der Waals surface area contributed by atoms with Crippen molar-refractivity contribution in [3.05, 3.63) is 57.8 Å². The van der Waals surface area contributed by atoms with Gasteiger partial charge in [-0.3, -0.25) is 4.52 Å². The van der Waals surface area contributed by atoms with Gasteiger partial charge in [-0.25, -0.2) is 4.57 Å². The van der Waals surface area contributed by atoms with E-state index in [1.165, 1.54) is 15.3 Å². The molecule has 0 saturated heterocycles. The number of hydrogen-bond donors (Lipinski definition) is 3. The molecule has 0 bridgehead atoms. The van der Waals surface area contributed by atoms with E-state index in [9.17, 15) is 4.57 Å². The normalized spacial score (nSPS) is 14.1. The number of hydrogen-bond acceptors (Lipinski definition) is 5. The van der Waals surface area contributed by atoms with E-state index in [4.69, 9.17) is 20.3 Å².